The van der Waals surface area contributed by atoms with E-state index in [-0.39, 0.29) is 41.3 Å². The fourth-order valence-electron chi connectivity index (χ4n) is 3.49. The maximum absolute atomic E-state index is 13.9. The number of rotatable bonds is 4. The monoisotopic (exact) mass is 453 g/mol. The highest BCUT2D eigenvalue weighted by molar-refractivity contribution is 5.97. The number of hydrogen-bond donors (Lipinski definition) is 1. The number of ether oxygens (including phenoxy) is 1. The molecule has 2 aromatic rings. The van der Waals surface area contributed by atoms with Crippen LogP contribution >= 0.6 is 0 Å². The number of halogens is 1. The fraction of sp³-hybridized carbons (Fsp3) is 0.400. The summed E-state index contributed by atoms with van der Waals surface area (Å²) in [6, 6.07) is 7.31. The zero-order chi connectivity index (χ0) is 24.1. The molecule has 7 nitrogen and oxygen atoms in total. The average Bonchev–Trinajstić information content (AvgIpc) is 2.80. The lowest BCUT2D eigenvalue weighted by molar-refractivity contribution is -0.129. The zero-order valence-corrected chi connectivity index (χ0v) is 19.2. The molecule has 3 rings (SSSR count). The van der Waals surface area contributed by atoms with Crippen LogP contribution in [0.5, 0.6) is 5.88 Å². The van der Waals surface area contributed by atoms with Gasteiger partial charge in [-0.05, 0) is 25.1 Å². The van der Waals surface area contributed by atoms with Crippen molar-refractivity contribution in [3.8, 4) is 17.7 Å². The standard InChI is InChI=1S/C25H28FN3O4/c1-16-13-29(17(2)15-30)25(32)21-11-19(9-10-20-7-5-6-8-22(20)26)12-27-24(21)33-23(16)14-28(4)18(3)31/h5-8,11-12,16-17,23,30H,13-15H2,1-4H3/t16-,17-,23+/m0/s1. The number of benzene rings is 1. The normalized spacial score (nSPS) is 18.7. The maximum atomic E-state index is 13.9. The number of amides is 2. The highest BCUT2D eigenvalue weighted by atomic mass is 19.1. The summed E-state index contributed by atoms with van der Waals surface area (Å²) in [6.07, 6.45) is 1.06. The van der Waals surface area contributed by atoms with Gasteiger partial charge >= 0.3 is 0 Å². The van der Waals surface area contributed by atoms with Crippen LogP contribution in [-0.2, 0) is 4.79 Å². The highest BCUT2D eigenvalue weighted by Gasteiger charge is 2.34. The number of carbonyl (C=O) groups is 2. The maximum Gasteiger partial charge on any atom is 0.259 e. The van der Waals surface area contributed by atoms with Gasteiger partial charge in [-0.2, -0.15) is 0 Å². The minimum atomic E-state index is -0.432. The first kappa shape index (κ1) is 24.2. The van der Waals surface area contributed by atoms with E-state index in [9.17, 15) is 19.1 Å². The molecule has 174 valence electrons. The number of fused-ring (bicyclic) bond motifs is 1. The molecule has 2 heterocycles. The van der Waals surface area contributed by atoms with E-state index in [1.165, 1.54) is 19.2 Å². The quantitative estimate of drug-likeness (QED) is 0.719. The van der Waals surface area contributed by atoms with Gasteiger partial charge in [0.15, 0.2) is 0 Å². The molecule has 1 aliphatic rings. The Morgan fingerprint density at radius 2 is 2.12 bits per heavy atom. The Hall–Kier alpha value is -3.44. The molecule has 0 aliphatic carbocycles. The largest absolute Gasteiger partial charge is 0.472 e. The Morgan fingerprint density at radius 3 is 2.79 bits per heavy atom. The molecule has 0 unspecified atom stereocenters. The second-order valence-electron chi connectivity index (χ2n) is 8.33. The molecule has 0 radical (unpaired) electrons. The molecule has 1 aliphatic heterocycles. The molecule has 1 aromatic heterocycles. The summed E-state index contributed by atoms with van der Waals surface area (Å²) in [5, 5.41) is 9.72. The van der Waals surface area contributed by atoms with Gasteiger partial charge in [-0.3, -0.25) is 9.59 Å². The fourth-order valence-corrected chi connectivity index (χ4v) is 3.49. The molecular formula is C25H28FN3O4. The van der Waals surface area contributed by atoms with Crippen molar-refractivity contribution in [2.75, 3.05) is 26.7 Å². The van der Waals surface area contributed by atoms with Crippen molar-refractivity contribution in [2.45, 2.75) is 32.9 Å². The summed E-state index contributed by atoms with van der Waals surface area (Å²) in [5.41, 5.74) is 0.873. The first-order valence-corrected chi connectivity index (χ1v) is 10.8. The van der Waals surface area contributed by atoms with E-state index in [0.717, 1.165) is 0 Å². The van der Waals surface area contributed by atoms with Crippen molar-refractivity contribution >= 4 is 11.8 Å². The van der Waals surface area contributed by atoms with E-state index in [1.54, 1.807) is 48.0 Å². The van der Waals surface area contributed by atoms with Gasteiger partial charge in [0.05, 0.1) is 24.8 Å². The molecular weight excluding hydrogens is 425 g/mol. The second-order valence-corrected chi connectivity index (χ2v) is 8.33. The Morgan fingerprint density at radius 1 is 1.39 bits per heavy atom. The minimum absolute atomic E-state index is 0.100. The van der Waals surface area contributed by atoms with Crippen molar-refractivity contribution in [1.29, 1.82) is 0 Å². The number of nitrogens with zero attached hydrogens (tertiary/aromatic N) is 3. The van der Waals surface area contributed by atoms with Gasteiger partial charge < -0.3 is 19.6 Å². The summed E-state index contributed by atoms with van der Waals surface area (Å²) >= 11 is 0. The molecule has 1 N–H and O–H groups in total. The van der Waals surface area contributed by atoms with Gasteiger partial charge in [0.2, 0.25) is 11.8 Å². The molecule has 0 spiro atoms. The summed E-state index contributed by atoms with van der Waals surface area (Å²) in [6.45, 7) is 5.63. The molecule has 0 saturated carbocycles. The highest BCUT2D eigenvalue weighted by Crippen LogP contribution is 2.27. The Kier molecular flexibility index (Phi) is 7.67. The van der Waals surface area contributed by atoms with Crippen LogP contribution in [0, 0.1) is 23.6 Å². The molecule has 3 atom stereocenters. The molecule has 1 aromatic carbocycles. The topological polar surface area (TPSA) is 83.0 Å². The van der Waals surface area contributed by atoms with Gasteiger partial charge in [-0.15, -0.1) is 0 Å². The lowest BCUT2D eigenvalue weighted by atomic mass is 10.00. The van der Waals surface area contributed by atoms with E-state index in [1.807, 2.05) is 6.92 Å². The second kappa shape index (κ2) is 10.5. The third kappa shape index (κ3) is 5.68. The van der Waals surface area contributed by atoms with E-state index in [4.69, 9.17) is 4.74 Å². The number of aliphatic hydroxyl groups excluding tert-OH is 1. The van der Waals surface area contributed by atoms with Crippen molar-refractivity contribution in [1.82, 2.24) is 14.8 Å². The van der Waals surface area contributed by atoms with Crippen LogP contribution in [0.25, 0.3) is 0 Å². The summed E-state index contributed by atoms with van der Waals surface area (Å²) < 4.78 is 20.0. The lowest BCUT2D eigenvalue weighted by Gasteiger charge is -2.37. The number of carbonyl (C=O) groups excluding carboxylic acids is 2. The van der Waals surface area contributed by atoms with Gasteiger partial charge in [-0.1, -0.05) is 30.9 Å². The van der Waals surface area contributed by atoms with E-state index in [0.29, 0.717) is 18.7 Å². The molecule has 33 heavy (non-hydrogen) atoms. The minimum Gasteiger partial charge on any atom is -0.472 e. The summed E-state index contributed by atoms with van der Waals surface area (Å²) in [7, 11) is 1.69. The van der Waals surface area contributed by atoms with Crippen LogP contribution in [0.4, 0.5) is 4.39 Å². The van der Waals surface area contributed by atoms with Crippen LogP contribution in [0.1, 0.15) is 42.3 Å². The van der Waals surface area contributed by atoms with Crippen LogP contribution in [0.15, 0.2) is 36.5 Å². The summed E-state index contributed by atoms with van der Waals surface area (Å²) in [4.78, 5) is 32.6. The average molecular weight is 454 g/mol. The molecule has 0 bridgehead atoms. The summed E-state index contributed by atoms with van der Waals surface area (Å²) in [5.74, 6) is 4.76. The van der Waals surface area contributed by atoms with Gasteiger partial charge in [0.1, 0.15) is 17.5 Å². The molecule has 2 amide bonds. The Labute approximate surface area is 193 Å². The molecule has 0 saturated heterocycles. The van der Waals surface area contributed by atoms with Crippen molar-refractivity contribution in [3.63, 3.8) is 0 Å². The number of aromatic nitrogens is 1. The number of aliphatic hydroxyl groups is 1. The third-order valence-electron chi connectivity index (χ3n) is 5.73. The Bertz CT molecular complexity index is 1090. The smallest absolute Gasteiger partial charge is 0.259 e. The third-order valence-corrected chi connectivity index (χ3v) is 5.73. The molecule has 0 fully saturated rings. The first-order valence-electron chi connectivity index (χ1n) is 10.8. The van der Waals surface area contributed by atoms with Crippen LogP contribution in [0.2, 0.25) is 0 Å². The predicted molar refractivity (Wildman–Crippen MR) is 121 cm³/mol. The van der Waals surface area contributed by atoms with Crippen molar-refractivity contribution < 1.29 is 23.8 Å². The molecule has 8 heteroatoms. The zero-order valence-electron chi connectivity index (χ0n) is 19.2. The number of pyridine rings is 1. The predicted octanol–water partition coefficient (Wildman–Crippen LogP) is 2.32. The first-order chi connectivity index (χ1) is 15.7. The SMILES string of the molecule is CC(=O)N(C)C[C@H]1Oc2ncc(C#Cc3ccccc3F)cc2C(=O)N([C@@H](C)CO)C[C@@H]1C. The number of hydrogen-bond acceptors (Lipinski definition) is 5. The van der Waals surface area contributed by atoms with Crippen LogP contribution in [0.3, 0.4) is 0 Å². The van der Waals surface area contributed by atoms with E-state index >= 15 is 0 Å². The van der Waals surface area contributed by atoms with Crippen LogP contribution in [-0.4, -0.2) is 70.6 Å². The van der Waals surface area contributed by atoms with E-state index < -0.39 is 18.0 Å². The number of likely N-dealkylation sites (N-methyl/N-ethyl adjacent to an activating group) is 1. The van der Waals surface area contributed by atoms with E-state index in [2.05, 4.69) is 16.8 Å². The lowest BCUT2D eigenvalue weighted by Crippen LogP contribution is -2.50. The van der Waals surface area contributed by atoms with Gasteiger partial charge in [-0.25, -0.2) is 9.37 Å². The van der Waals surface area contributed by atoms with Crippen molar-refractivity contribution in [2.24, 2.45) is 5.92 Å². The van der Waals surface area contributed by atoms with Crippen LogP contribution < -0.4 is 4.74 Å². The van der Waals surface area contributed by atoms with Gasteiger partial charge in [0.25, 0.3) is 5.91 Å². The van der Waals surface area contributed by atoms with Gasteiger partial charge in [0, 0.05) is 38.2 Å². The Balaban J connectivity index is 2.02. The van der Waals surface area contributed by atoms with Crippen molar-refractivity contribution in [3.05, 3.63) is 59.0 Å².